The van der Waals surface area contributed by atoms with Crippen molar-refractivity contribution in [3.63, 3.8) is 0 Å². The fourth-order valence-corrected chi connectivity index (χ4v) is 4.77. The van der Waals surface area contributed by atoms with Crippen molar-refractivity contribution in [3.8, 4) is 0 Å². The molecule has 1 unspecified atom stereocenters. The van der Waals surface area contributed by atoms with Gasteiger partial charge in [-0.2, -0.15) is 5.10 Å². The first-order valence-electron chi connectivity index (χ1n) is 7.91. The van der Waals surface area contributed by atoms with E-state index in [2.05, 4.69) is 21.0 Å². The van der Waals surface area contributed by atoms with Crippen LogP contribution in [0.2, 0.25) is 5.02 Å². The van der Waals surface area contributed by atoms with Crippen LogP contribution < -0.4 is 0 Å². The van der Waals surface area contributed by atoms with Gasteiger partial charge in [0.25, 0.3) is 6.43 Å². The summed E-state index contributed by atoms with van der Waals surface area (Å²) in [5.74, 6) is 0. The average molecular weight is 424 g/mol. The third kappa shape index (κ3) is 2.56. The lowest BCUT2D eigenvalue weighted by Crippen LogP contribution is -2.19. The number of rotatable bonds is 3. The van der Waals surface area contributed by atoms with Crippen LogP contribution in [0.15, 0.2) is 10.5 Å². The van der Waals surface area contributed by atoms with Gasteiger partial charge in [0, 0.05) is 22.0 Å². The maximum absolute atomic E-state index is 14.6. The maximum atomic E-state index is 14.6. The summed E-state index contributed by atoms with van der Waals surface area (Å²) in [6.07, 6.45) is 0.109. The first-order valence-corrected chi connectivity index (χ1v) is 9.09. The van der Waals surface area contributed by atoms with E-state index < -0.39 is 18.3 Å². The van der Waals surface area contributed by atoms with Gasteiger partial charge < -0.3 is 4.74 Å². The summed E-state index contributed by atoms with van der Waals surface area (Å²) < 4.78 is 49.1. The standard InChI is InChI=1S/C16H15BrClF3N2O/c17-13-11-9(7-8(18)12(13)16(21)4-5-16)23(22-14(11)15(19)20)10-3-1-2-6-24-10/h7,10,15H,1-6H2. The minimum atomic E-state index is -2.77. The number of benzene rings is 1. The van der Waals surface area contributed by atoms with Crippen LogP contribution in [0.25, 0.3) is 10.9 Å². The number of alkyl halides is 3. The number of halogens is 5. The predicted molar refractivity (Wildman–Crippen MR) is 88.3 cm³/mol. The smallest absolute Gasteiger partial charge is 0.282 e. The van der Waals surface area contributed by atoms with E-state index >= 15 is 0 Å². The second kappa shape index (κ2) is 5.88. The highest BCUT2D eigenvalue weighted by molar-refractivity contribution is 9.10. The third-order valence-corrected chi connectivity index (χ3v) is 5.78. The third-order valence-electron chi connectivity index (χ3n) is 4.69. The van der Waals surface area contributed by atoms with E-state index in [-0.39, 0.29) is 26.1 Å². The van der Waals surface area contributed by atoms with Crippen molar-refractivity contribution >= 4 is 38.4 Å². The van der Waals surface area contributed by atoms with Crippen molar-refractivity contribution in [2.24, 2.45) is 0 Å². The minimum absolute atomic E-state index is 0.225. The Hall–Kier alpha value is -0.790. The first kappa shape index (κ1) is 16.7. The normalized spacial score (nSPS) is 23.2. The largest absolute Gasteiger partial charge is 0.356 e. The Bertz CT molecular complexity index is 800. The molecule has 1 aliphatic carbocycles. The van der Waals surface area contributed by atoms with E-state index in [0.717, 1.165) is 12.8 Å². The molecule has 1 atom stereocenters. The molecule has 2 aromatic rings. The van der Waals surface area contributed by atoms with Crippen LogP contribution in [0.5, 0.6) is 0 Å². The highest BCUT2D eigenvalue weighted by Gasteiger charge is 2.48. The quantitative estimate of drug-likeness (QED) is 0.601. The highest BCUT2D eigenvalue weighted by atomic mass is 79.9. The molecule has 2 aliphatic rings. The van der Waals surface area contributed by atoms with E-state index in [4.69, 9.17) is 16.3 Å². The molecule has 0 amide bonds. The number of hydrogen-bond acceptors (Lipinski definition) is 2. The van der Waals surface area contributed by atoms with Gasteiger partial charge in [0.2, 0.25) is 0 Å². The zero-order valence-corrected chi connectivity index (χ0v) is 15.0. The monoisotopic (exact) mass is 422 g/mol. The van der Waals surface area contributed by atoms with Crippen LogP contribution in [0.1, 0.15) is 56.0 Å². The second-order valence-electron chi connectivity index (χ2n) is 6.36. The molecule has 1 aromatic carbocycles. The summed E-state index contributed by atoms with van der Waals surface area (Å²) in [7, 11) is 0. The molecule has 2 heterocycles. The Morgan fingerprint density at radius 2 is 2.12 bits per heavy atom. The van der Waals surface area contributed by atoms with Crippen LogP contribution in [-0.2, 0) is 10.4 Å². The fourth-order valence-electron chi connectivity index (χ4n) is 3.31. The van der Waals surface area contributed by atoms with Gasteiger partial charge in [0.1, 0.15) is 11.4 Å². The molecule has 0 radical (unpaired) electrons. The summed E-state index contributed by atoms with van der Waals surface area (Å²) in [5, 5.41) is 4.54. The predicted octanol–water partition coefficient (Wildman–Crippen LogP) is 6.05. The van der Waals surface area contributed by atoms with E-state index in [1.165, 1.54) is 10.7 Å². The zero-order valence-electron chi connectivity index (χ0n) is 12.7. The van der Waals surface area contributed by atoms with Crippen molar-refractivity contribution in [2.45, 2.75) is 50.4 Å². The molecule has 0 N–H and O–H groups in total. The number of nitrogens with zero attached hydrogens (tertiary/aromatic N) is 2. The molecule has 1 saturated heterocycles. The van der Waals surface area contributed by atoms with Gasteiger partial charge in [-0.1, -0.05) is 11.6 Å². The molecule has 0 spiro atoms. The van der Waals surface area contributed by atoms with Gasteiger partial charge in [0.05, 0.1) is 10.5 Å². The lowest BCUT2D eigenvalue weighted by molar-refractivity contribution is -0.0374. The molecule has 1 aliphatic heterocycles. The molecular formula is C16H15BrClF3N2O. The number of hydrogen-bond donors (Lipinski definition) is 0. The summed E-state index contributed by atoms with van der Waals surface area (Å²) in [4.78, 5) is 0. The van der Waals surface area contributed by atoms with Crippen molar-refractivity contribution < 1.29 is 17.9 Å². The Morgan fingerprint density at radius 1 is 1.38 bits per heavy atom. The molecule has 3 nitrogen and oxygen atoms in total. The average Bonchev–Trinajstić information content (AvgIpc) is 3.15. The van der Waals surface area contributed by atoms with E-state index in [0.29, 0.717) is 31.4 Å². The Labute approximate surface area is 150 Å². The molecule has 0 bridgehead atoms. The number of fused-ring (bicyclic) bond motifs is 1. The van der Waals surface area contributed by atoms with Gasteiger partial charge in [-0.3, -0.25) is 0 Å². The first-order chi connectivity index (χ1) is 11.4. The number of ether oxygens (including phenoxy) is 1. The molecule has 130 valence electrons. The van der Waals surface area contributed by atoms with Crippen LogP contribution in [0.3, 0.4) is 0 Å². The van der Waals surface area contributed by atoms with Crippen molar-refractivity contribution in [1.82, 2.24) is 9.78 Å². The van der Waals surface area contributed by atoms with E-state index in [1.807, 2.05) is 0 Å². The molecule has 1 aromatic heterocycles. The van der Waals surface area contributed by atoms with Crippen molar-refractivity contribution in [3.05, 3.63) is 26.8 Å². The molecule has 4 rings (SSSR count). The Morgan fingerprint density at radius 3 is 2.71 bits per heavy atom. The summed E-state index contributed by atoms with van der Waals surface area (Å²) in [5.41, 5.74) is -1.20. The SMILES string of the molecule is FC(F)c1nn(C2CCCCO2)c2cc(Cl)c(C3(F)CC3)c(Br)c12. The van der Waals surface area contributed by atoms with Gasteiger partial charge in [0.15, 0.2) is 6.23 Å². The van der Waals surface area contributed by atoms with E-state index in [1.54, 1.807) is 0 Å². The van der Waals surface area contributed by atoms with Crippen molar-refractivity contribution in [2.75, 3.05) is 6.61 Å². The summed E-state index contributed by atoms with van der Waals surface area (Å²) in [6.45, 7) is 0.566. The van der Waals surface area contributed by atoms with Gasteiger partial charge in [-0.15, -0.1) is 0 Å². The Balaban J connectivity index is 1.96. The number of aromatic nitrogens is 2. The minimum Gasteiger partial charge on any atom is -0.356 e. The Kier molecular flexibility index (Phi) is 4.09. The molecular weight excluding hydrogens is 409 g/mol. The molecule has 8 heteroatoms. The van der Waals surface area contributed by atoms with Gasteiger partial charge in [-0.05, 0) is 54.1 Å². The summed E-state index contributed by atoms with van der Waals surface area (Å²) in [6, 6.07) is 1.54. The van der Waals surface area contributed by atoms with Crippen LogP contribution in [0, 0.1) is 0 Å². The summed E-state index contributed by atoms with van der Waals surface area (Å²) >= 11 is 9.61. The molecule has 1 saturated carbocycles. The fraction of sp³-hybridized carbons (Fsp3) is 0.562. The lowest BCUT2D eigenvalue weighted by Gasteiger charge is -2.23. The topological polar surface area (TPSA) is 27.1 Å². The van der Waals surface area contributed by atoms with E-state index in [9.17, 15) is 13.2 Å². The molecule has 24 heavy (non-hydrogen) atoms. The van der Waals surface area contributed by atoms with Crippen LogP contribution in [0.4, 0.5) is 13.2 Å². The zero-order chi connectivity index (χ0) is 17.1. The van der Waals surface area contributed by atoms with Crippen LogP contribution in [-0.4, -0.2) is 16.4 Å². The second-order valence-corrected chi connectivity index (χ2v) is 7.56. The lowest BCUT2D eigenvalue weighted by atomic mass is 10.0. The van der Waals surface area contributed by atoms with Crippen molar-refractivity contribution in [1.29, 1.82) is 0 Å². The van der Waals surface area contributed by atoms with Gasteiger partial charge in [-0.25, -0.2) is 17.9 Å². The molecule has 2 fully saturated rings. The van der Waals surface area contributed by atoms with Crippen LogP contribution >= 0.6 is 27.5 Å². The highest BCUT2D eigenvalue weighted by Crippen LogP contribution is 2.56. The van der Waals surface area contributed by atoms with Gasteiger partial charge >= 0.3 is 0 Å². The maximum Gasteiger partial charge on any atom is 0.282 e.